The molecule has 0 aromatic heterocycles. The summed E-state index contributed by atoms with van der Waals surface area (Å²) >= 11 is 0. The lowest BCUT2D eigenvalue weighted by atomic mass is 10.2. The van der Waals surface area contributed by atoms with E-state index >= 15 is 0 Å². The second kappa shape index (κ2) is 4.21. The fourth-order valence-electron chi connectivity index (χ4n) is 0.938. The maximum Gasteiger partial charge on any atom is 0.0365 e. The van der Waals surface area contributed by atoms with E-state index in [1.54, 1.807) is 0 Å². The maximum atomic E-state index is 5.67. The highest BCUT2D eigenvalue weighted by molar-refractivity contribution is 5.85. The van der Waals surface area contributed by atoms with E-state index in [4.69, 9.17) is 5.73 Å². The summed E-state index contributed by atoms with van der Waals surface area (Å²) < 4.78 is 0. The number of anilines is 2. The van der Waals surface area contributed by atoms with Crippen LogP contribution in [0.15, 0.2) is 18.2 Å². The molecule has 0 aliphatic rings. The third-order valence-corrected chi connectivity index (χ3v) is 1.77. The van der Waals surface area contributed by atoms with Crippen LogP contribution in [0.25, 0.3) is 0 Å². The largest absolute Gasteiger partial charge is 0.399 e. The van der Waals surface area contributed by atoms with E-state index in [2.05, 4.69) is 11.0 Å². The van der Waals surface area contributed by atoms with Crippen LogP contribution in [0.5, 0.6) is 0 Å². The molecule has 1 aromatic rings. The molecule has 0 radical (unpaired) electrons. The molecule has 0 fully saturated rings. The average Bonchev–Trinajstić information content (AvgIpc) is 1.94. The highest BCUT2D eigenvalue weighted by atomic mass is 35.5. The van der Waals surface area contributed by atoms with Gasteiger partial charge in [0.25, 0.3) is 0 Å². The molecule has 3 heteroatoms. The number of benzene rings is 1. The smallest absolute Gasteiger partial charge is 0.0365 e. The molecule has 0 saturated heterocycles. The third kappa shape index (κ3) is 2.31. The van der Waals surface area contributed by atoms with Gasteiger partial charge in [0, 0.05) is 25.5 Å². The molecular formula is C9H15ClN2. The number of rotatable bonds is 1. The molecule has 1 aromatic carbocycles. The monoisotopic (exact) mass is 186 g/mol. The Balaban J connectivity index is 0.00000121. The van der Waals surface area contributed by atoms with Crippen molar-refractivity contribution in [3.63, 3.8) is 0 Å². The van der Waals surface area contributed by atoms with Crippen molar-refractivity contribution in [2.45, 2.75) is 6.92 Å². The molecule has 0 saturated carbocycles. The zero-order valence-corrected chi connectivity index (χ0v) is 8.48. The minimum atomic E-state index is 0. The van der Waals surface area contributed by atoms with Gasteiger partial charge in [-0.15, -0.1) is 12.4 Å². The number of nitrogen functional groups attached to an aromatic ring is 1. The van der Waals surface area contributed by atoms with Gasteiger partial charge in [0.15, 0.2) is 0 Å². The normalized spacial score (nSPS) is 8.92. The Morgan fingerprint density at radius 3 is 2.25 bits per heavy atom. The quantitative estimate of drug-likeness (QED) is 0.681. The summed E-state index contributed by atoms with van der Waals surface area (Å²) in [5.74, 6) is 0. The molecule has 12 heavy (non-hydrogen) atoms. The van der Waals surface area contributed by atoms with Gasteiger partial charge in [0.2, 0.25) is 0 Å². The maximum absolute atomic E-state index is 5.67. The minimum Gasteiger partial charge on any atom is -0.399 e. The predicted molar refractivity (Wildman–Crippen MR) is 57.2 cm³/mol. The average molecular weight is 187 g/mol. The van der Waals surface area contributed by atoms with Crippen molar-refractivity contribution >= 4 is 23.8 Å². The molecule has 0 unspecified atom stereocenters. The zero-order chi connectivity index (χ0) is 8.43. The lowest BCUT2D eigenvalue weighted by molar-refractivity contribution is 1.13. The van der Waals surface area contributed by atoms with Crippen molar-refractivity contribution < 1.29 is 0 Å². The van der Waals surface area contributed by atoms with Crippen LogP contribution in [-0.2, 0) is 0 Å². The second-order valence-corrected chi connectivity index (χ2v) is 2.94. The topological polar surface area (TPSA) is 29.3 Å². The lowest BCUT2D eigenvalue weighted by Crippen LogP contribution is -2.08. The predicted octanol–water partition coefficient (Wildman–Crippen LogP) is 2.07. The molecule has 0 heterocycles. The van der Waals surface area contributed by atoms with Gasteiger partial charge < -0.3 is 10.6 Å². The summed E-state index contributed by atoms with van der Waals surface area (Å²) in [5.41, 5.74) is 8.85. The van der Waals surface area contributed by atoms with Gasteiger partial charge in [0.1, 0.15) is 0 Å². The fraction of sp³-hybridized carbons (Fsp3) is 0.333. The molecule has 0 aliphatic heterocycles. The number of nitrogens with zero attached hydrogens (tertiary/aromatic N) is 1. The van der Waals surface area contributed by atoms with Crippen molar-refractivity contribution in [3.8, 4) is 0 Å². The van der Waals surface area contributed by atoms with E-state index < -0.39 is 0 Å². The Labute approximate surface area is 79.8 Å². The summed E-state index contributed by atoms with van der Waals surface area (Å²) in [7, 11) is 4.04. The van der Waals surface area contributed by atoms with Crippen molar-refractivity contribution in [2.24, 2.45) is 0 Å². The standard InChI is InChI=1S/C9H14N2.ClH/c1-7-6-8(11(2)3)4-5-9(7)10;/h4-6H,10H2,1-3H3;1H. The van der Waals surface area contributed by atoms with Crippen LogP contribution in [0.4, 0.5) is 11.4 Å². The van der Waals surface area contributed by atoms with E-state index in [1.807, 2.05) is 33.2 Å². The van der Waals surface area contributed by atoms with Gasteiger partial charge in [-0.25, -0.2) is 0 Å². The van der Waals surface area contributed by atoms with Gasteiger partial charge in [0.05, 0.1) is 0 Å². The Morgan fingerprint density at radius 2 is 1.83 bits per heavy atom. The van der Waals surface area contributed by atoms with Gasteiger partial charge in [-0.2, -0.15) is 0 Å². The van der Waals surface area contributed by atoms with E-state index in [9.17, 15) is 0 Å². The Morgan fingerprint density at radius 1 is 1.25 bits per heavy atom. The summed E-state index contributed by atoms with van der Waals surface area (Å²) in [4.78, 5) is 2.06. The molecule has 2 nitrogen and oxygen atoms in total. The van der Waals surface area contributed by atoms with Gasteiger partial charge >= 0.3 is 0 Å². The third-order valence-electron chi connectivity index (χ3n) is 1.77. The SMILES string of the molecule is Cc1cc(N(C)C)ccc1N.Cl. The number of aryl methyl sites for hydroxylation is 1. The molecule has 68 valence electrons. The van der Waals surface area contributed by atoms with Crippen LogP contribution in [0, 0.1) is 6.92 Å². The Hall–Kier alpha value is -0.890. The van der Waals surface area contributed by atoms with Crippen LogP contribution in [0.3, 0.4) is 0 Å². The van der Waals surface area contributed by atoms with Crippen LogP contribution in [-0.4, -0.2) is 14.1 Å². The second-order valence-electron chi connectivity index (χ2n) is 2.94. The lowest BCUT2D eigenvalue weighted by Gasteiger charge is -2.13. The number of nitrogens with two attached hydrogens (primary N) is 1. The molecule has 0 atom stereocenters. The fourth-order valence-corrected chi connectivity index (χ4v) is 0.938. The van der Waals surface area contributed by atoms with Crippen LogP contribution in [0.1, 0.15) is 5.56 Å². The Kier molecular flexibility index (Phi) is 3.90. The first kappa shape index (κ1) is 11.1. The molecule has 2 N–H and O–H groups in total. The summed E-state index contributed by atoms with van der Waals surface area (Å²) in [6.07, 6.45) is 0. The number of hydrogen-bond donors (Lipinski definition) is 1. The Bertz CT molecular complexity index is 259. The van der Waals surface area contributed by atoms with Crippen LogP contribution < -0.4 is 10.6 Å². The number of hydrogen-bond acceptors (Lipinski definition) is 2. The zero-order valence-electron chi connectivity index (χ0n) is 7.66. The first-order chi connectivity index (χ1) is 5.11. The summed E-state index contributed by atoms with van der Waals surface area (Å²) in [5, 5.41) is 0. The first-order valence-electron chi connectivity index (χ1n) is 3.64. The molecular weight excluding hydrogens is 172 g/mol. The number of halogens is 1. The van der Waals surface area contributed by atoms with Crippen molar-refractivity contribution in [1.82, 2.24) is 0 Å². The van der Waals surface area contributed by atoms with Gasteiger partial charge in [-0.1, -0.05) is 0 Å². The van der Waals surface area contributed by atoms with Crippen molar-refractivity contribution in [2.75, 3.05) is 24.7 Å². The minimum absolute atomic E-state index is 0. The highest BCUT2D eigenvalue weighted by Crippen LogP contribution is 2.18. The van der Waals surface area contributed by atoms with Crippen molar-refractivity contribution in [3.05, 3.63) is 23.8 Å². The van der Waals surface area contributed by atoms with Gasteiger partial charge in [-0.3, -0.25) is 0 Å². The molecule has 1 rings (SSSR count). The van der Waals surface area contributed by atoms with E-state index in [1.165, 1.54) is 5.69 Å². The van der Waals surface area contributed by atoms with Gasteiger partial charge in [-0.05, 0) is 30.7 Å². The van der Waals surface area contributed by atoms with E-state index in [0.717, 1.165) is 11.3 Å². The van der Waals surface area contributed by atoms with E-state index in [0.29, 0.717) is 0 Å². The molecule has 0 spiro atoms. The summed E-state index contributed by atoms with van der Waals surface area (Å²) in [6, 6.07) is 6.03. The molecule has 0 aliphatic carbocycles. The van der Waals surface area contributed by atoms with Crippen LogP contribution >= 0.6 is 12.4 Å². The molecule has 0 amide bonds. The van der Waals surface area contributed by atoms with Crippen LogP contribution in [0.2, 0.25) is 0 Å². The first-order valence-corrected chi connectivity index (χ1v) is 3.64. The molecule has 0 bridgehead atoms. The summed E-state index contributed by atoms with van der Waals surface area (Å²) in [6.45, 7) is 2.02. The van der Waals surface area contributed by atoms with Crippen molar-refractivity contribution in [1.29, 1.82) is 0 Å². The van der Waals surface area contributed by atoms with E-state index in [-0.39, 0.29) is 12.4 Å². The highest BCUT2D eigenvalue weighted by Gasteiger charge is 1.96.